The number of hydrogen-bond acceptors (Lipinski definition) is 4. The zero-order chi connectivity index (χ0) is 25.6. The van der Waals surface area contributed by atoms with Crippen molar-refractivity contribution in [3.8, 4) is 5.75 Å². The Balaban J connectivity index is 1.49. The molecule has 1 N–H and O–H groups in total. The standard InChI is InChI=1S/C26H28F3N3O4/c1-2-3-8-36-24-22-26(35)32-16-6-4-14(5-7-16)21(32)13-31(22)12-18(23(24)33)25(34)30-11-17-19(28)9-15(27)10-20(17)29/h9-10,12,14,16,21H,2-8,11,13H2,1H3,(H,30,34)/t14-,16+,21-/m1/s1. The highest BCUT2D eigenvalue weighted by molar-refractivity contribution is 5.99. The summed E-state index contributed by atoms with van der Waals surface area (Å²) in [6.45, 7) is 2.03. The second kappa shape index (κ2) is 9.63. The zero-order valence-corrected chi connectivity index (χ0v) is 20.0. The Morgan fingerprint density at radius 1 is 1.11 bits per heavy atom. The van der Waals surface area contributed by atoms with E-state index < -0.39 is 40.9 Å². The van der Waals surface area contributed by atoms with Gasteiger partial charge in [-0.25, -0.2) is 13.2 Å². The Labute approximate surface area is 206 Å². The smallest absolute Gasteiger partial charge is 0.275 e. The number of benzene rings is 1. The van der Waals surface area contributed by atoms with Crippen molar-refractivity contribution in [2.45, 2.75) is 70.6 Å². The van der Waals surface area contributed by atoms with E-state index in [-0.39, 0.29) is 41.6 Å². The fraction of sp³-hybridized carbons (Fsp3) is 0.500. The largest absolute Gasteiger partial charge is 0.487 e. The van der Waals surface area contributed by atoms with Gasteiger partial charge in [0.1, 0.15) is 23.0 Å². The Morgan fingerprint density at radius 3 is 2.47 bits per heavy atom. The van der Waals surface area contributed by atoms with E-state index in [0.717, 1.165) is 32.1 Å². The predicted molar refractivity (Wildman–Crippen MR) is 124 cm³/mol. The summed E-state index contributed by atoms with van der Waals surface area (Å²) < 4.78 is 48.7. The van der Waals surface area contributed by atoms with Crippen molar-refractivity contribution in [3.63, 3.8) is 0 Å². The zero-order valence-electron chi connectivity index (χ0n) is 20.0. The number of nitrogens with one attached hydrogen (secondary N) is 1. The van der Waals surface area contributed by atoms with Gasteiger partial charge in [-0.3, -0.25) is 14.4 Å². The number of hydrogen-bond donors (Lipinski definition) is 1. The monoisotopic (exact) mass is 503 g/mol. The Hall–Kier alpha value is -3.30. The second-order valence-corrected chi connectivity index (χ2v) is 9.78. The molecule has 1 aromatic heterocycles. The molecule has 3 fully saturated rings. The van der Waals surface area contributed by atoms with E-state index in [0.29, 0.717) is 31.0 Å². The number of piperidine rings is 2. The molecule has 10 heteroatoms. The van der Waals surface area contributed by atoms with Gasteiger partial charge in [-0.1, -0.05) is 13.3 Å². The average molecular weight is 504 g/mol. The Kier molecular flexibility index (Phi) is 6.53. The summed E-state index contributed by atoms with van der Waals surface area (Å²) in [5, 5.41) is 2.35. The normalized spacial score (nSPS) is 22.3. The highest BCUT2D eigenvalue weighted by Gasteiger charge is 2.48. The number of ether oxygens (including phenoxy) is 1. The molecule has 1 aromatic carbocycles. The molecule has 6 rings (SSSR count). The van der Waals surface area contributed by atoms with Gasteiger partial charge in [0.15, 0.2) is 11.4 Å². The Bertz CT molecular complexity index is 1250. The molecule has 1 atom stereocenters. The SMILES string of the molecule is CCCCOc1c2n(cc(C(=O)NCc3c(F)cc(F)cc3F)c1=O)C[C@@H]1[C@H]3CC[C@H](CC3)N1C2=O. The van der Waals surface area contributed by atoms with Crippen LogP contribution >= 0.6 is 0 Å². The molecule has 1 saturated carbocycles. The van der Waals surface area contributed by atoms with Crippen molar-refractivity contribution in [1.29, 1.82) is 0 Å². The molecule has 36 heavy (non-hydrogen) atoms. The lowest BCUT2D eigenvalue weighted by atomic mass is 9.73. The van der Waals surface area contributed by atoms with Gasteiger partial charge in [-0.2, -0.15) is 0 Å². The summed E-state index contributed by atoms with van der Waals surface area (Å²) in [5.74, 6) is -4.28. The summed E-state index contributed by atoms with van der Waals surface area (Å²) >= 11 is 0. The van der Waals surface area contributed by atoms with Crippen LogP contribution in [0.5, 0.6) is 5.75 Å². The van der Waals surface area contributed by atoms with E-state index in [1.165, 1.54) is 6.20 Å². The number of carbonyl (C=O) groups is 2. The molecule has 2 amide bonds. The molecule has 4 heterocycles. The van der Waals surface area contributed by atoms with Crippen LogP contribution in [-0.4, -0.2) is 40.0 Å². The van der Waals surface area contributed by atoms with Gasteiger partial charge in [-0.05, 0) is 38.0 Å². The van der Waals surface area contributed by atoms with Crippen LogP contribution in [0.4, 0.5) is 13.2 Å². The average Bonchev–Trinajstić information content (AvgIpc) is 2.85. The number of aromatic nitrogens is 1. The van der Waals surface area contributed by atoms with E-state index >= 15 is 0 Å². The van der Waals surface area contributed by atoms with E-state index in [2.05, 4.69) is 5.32 Å². The minimum Gasteiger partial charge on any atom is -0.487 e. The van der Waals surface area contributed by atoms with Crippen molar-refractivity contribution < 1.29 is 27.5 Å². The highest BCUT2D eigenvalue weighted by atomic mass is 19.1. The molecule has 2 bridgehead atoms. The molecule has 2 aromatic rings. The van der Waals surface area contributed by atoms with E-state index in [1.54, 1.807) is 4.57 Å². The highest BCUT2D eigenvalue weighted by Crippen LogP contribution is 2.43. The molecular formula is C26H28F3N3O4. The van der Waals surface area contributed by atoms with Gasteiger partial charge in [0, 0.05) is 43.0 Å². The number of unbranched alkanes of at least 4 members (excludes halogenated alkanes) is 1. The number of pyridine rings is 1. The first-order valence-electron chi connectivity index (χ1n) is 12.4. The fourth-order valence-electron chi connectivity index (χ4n) is 5.76. The van der Waals surface area contributed by atoms with Crippen molar-refractivity contribution in [2.24, 2.45) is 5.92 Å². The van der Waals surface area contributed by atoms with Crippen LogP contribution in [-0.2, 0) is 13.1 Å². The molecular weight excluding hydrogens is 475 g/mol. The lowest BCUT2D eigenvalue weighted by Gasteiger charge is -2.54. The van der Waals surface area contributed by atoms with Crippen molar-refractivity contribution in [3.05, 3.63) is 62.8 Å². The minimum absolute atomic E-state index is 0.0122. The molecule has 2 saturated heterocycles. The number of nitrogens with zero attached hydrogens (tertiary/aromatic N) is 2. The quantitative estimate of drug-likeness (QED) is 0.584. The Morgan fingerprint density at radius 2 is 1.81 bits per heavy atom. The third-order valence-corrected chi connectivity index (χ3v) is 7.62. The third kappa shape index (κ3) is 4.16. The summed E-state index contributed by atoms with van der Waals surface area (Å²) in [6.07, 6.45) is 6.77. The maximum Gasteiger partial charge on any atom is 0.275 e. The molecule has 0 spiro atoms. The molecule has 0 radical (unpaired) electrons. The molecule has 192 valence electrons. The van der Waals surface area contributed by atoms with Crippen LogP contribution in [0.3, 0.4) is 0 Å². The molecule has 3 aliphatic heterocycles. The number of carbonyl (C=O) groups excluding carboxylic acids is 2. The van der Waals surface area contributed by atoms with Gasteiger partial charge in [-0.15, -0.1) is 0 Å². The lowest BCUT2D eigenvalue weighted by Crippen LogP contribution is -2.62. The van der Waals surface area contributed by atoms with Gasteiger partial charge in [0.05, 0.1) is 12.6 Å². The second-order valence-electron chi connectivity index (χ2n) is 9.78. The van der Waals surface area contributed by atoms with Crippen LogP contribution < -0.4 is 15.5 Å². The topological polar surface area (TPSA) is 80.6 Å². The maximum atomic E-state index is 14.0. The maximum absolute atomic E-state index is 14.0. The van der Waals surface area contributed by atoms with Crippen molar-refractivity contribution in [1.82, 2.24) is 14.8 Å². The first kappa shape index (κ1) is 24.4. The fourth-order valence-corrected chi connectivity index (χ4v) is 5.76. The minimum atomic E-state index is -1.14. The van der Waals surface area contributed by atoms with Crippen LogP contribution in [0, 0.1) is 23.4 Å². The van der Waals surface area contributed by atoms with Gasteiger partial charge >= 0.3 is 0 Å². The molecule has 0 unspecified atom stereocenters. The van der Waals surface area contributed by atoms with Crippen LogP contribution in [0.25, 0.3) is 0 Å². The summed E-state index contributed by atoms with van der Waals surface area (Å²) in [7, 11) is 0. The lowest BCUT2D eigenvalue weighted by molar-refractivity contribution is -0.0182. The van der Waals surface area contributed by atoms with Gasteiger partial charge < -0.3 is 19.5 Å². The molecule has 1 aliphatic carbocycles. The summed E-state index contributed by atoms with van der Waals surface area (Å²) in [4.78, 5) is 41.9. The number of amides is 2. The number of fused-ring (bicyclic) bond motifs is 3. The van der Waals surface area contributed by atoms with Crippen molar-refractivity contribution >= 4 is 11.8 Å². The number of halogens is 3. The van der Waals surface area contributed by atoms with Gasteiger partial charge in [0.2, 0.25) is 5.43 Å². The molecule has 7 nitrogen and oxygen atoms in total. The van der Waals surface area contributed by atoms with Gasteiger partial charge in [0.25, 0.3) is 11.8 Å². The van der Waals surface area contributed by atoms with E-state index in [4.69, 9.17) is 4.74 Å². The first-order chi connectivity index (χ1) is 17.3. The molecule has 4 aliphatic rings. The van der Waals surface area contributed by atoms with Crippen LogP contribution in [0.2, 0.25) is 0 Å². The first-order valence-corrected chi connectivity index (χ1v) is 12.4. The predicted octanol–water partition coefficient (Wildman–Crippen LogP) is 3.77. The van der Waals surface area contributed by atoms with Crippen LogP contribution in [0.15, 0.2) is 23.1 Å². The van der Waals surface area contributed by atoms with E-state index in [9.17, 15) is 27.6 Å². The summed E-state index contributed by atoms with van der Waals surface area (Å²) in [6, 6.07) is 1.17. The number of rotatable bonds is 7. The van der Waals surface area contributed by atoms with Crippen LogP contribution in [0.1, 0.15) is 71.9 Å². The van der Waals surface area contributed by atoms with E-state index in [1.807, 2.05) is 11.8 Å². The van der Waals surface area contributed by atoms with Crippen molar-refractivity contribution in [2.75, 3.05) is 6.61 Å². The third-order valence-electron chi connectivity index (χ3n) is 7.62. The summed E-state index contributed by atoms with van der Waals surface area (Å²) in [5.41, 5.74) is -1.40.